The van der Waals surface area contributed by atoms with Gasteiger partial charge in [-0.2, -0.15) is 0 Å². The molecular formula is C51H42N6O3. The molecule has 3 heterocycles. The molecule has 0 spiro atoms. The van der Waals surface area contributed by atoms with E-state index in [0.29, 0.717) is 17.1 Å². The van der Waals surface area contributed by atoms with Gasteiger partial charge in [-0.15, -0.1) is 0 Å². The molecule has 3 amide bonds. The van der Waals surface area contributed by atoms with Crippen LogP contribution in [0.5, 0.6) is 0 Å². The van der Waals surface area contributed by atoms with Crippen LogP contribution < -0.4 is 16.0 Å². The number of pyridine rings is 3. The van der Waals surface area contributed by atoms with Crippen LogP contribution in [0.25, 0.3) is 33.8 Å². The minimum absolute atomic E-state index is 0.160. The maximum atomic E-state index is 13.9. The molecule has 0 saturated heterocycles. The van der Waals surface area contributed by atoms with Gasteiger partial charge in [0.2, 0.25) is 0 Å². The Bertz CT molecular complexity index is 2500. The minimum atomic E-state index is -0.459. The number of nitrogens with one attached hydrogen (secondary N) is 3. The summed E-state index contributed by atoms with van der Waals surface area (Å²) < 4.78 is 0. The number of rotatable bonds is 9. The van der Waals surface area contributed by atoms with Gasteiger partial charge in [0.15, 0.2) is 0 Å². The Morgan fingerprint density at radius 2 is 0.617 bits per heavy atom. The molecule has 0 saturated carbocycles. The zero-order valence-corrected chi connectivity index (χ0v) is 33.1. The van der Waals surface area contributed by atoms with E-state index in [-0.39, 0.29) is 16.7 Å². The van der Waals surface area contributed by atoms with E-state index >= 15 is 0 Å². The molecule has 10 rings (SSSR count). The molecule has 294 valence electrons. The minimum Gasteiger partial charge on any atom is -0.322 e. The second-order valence-corrected chi connectivity index (χ2v) is 16.0. The van der Waals surface area contributed by atoms with Crippen LogP contribution in [0.2, 0.25) is 0 Å². The van der Waals surface area contributed by atoms with E-state index in [2.05, 4.69) is 49.1 Å². The fraction of sp³-hybridized carbons (Fsp3) is 0.176. The molecular weight excluding hydrogens is 745 g/mol. The van der Waals surface area contributed by atoms with Crippen LogP contribution in [0.1, 0.15) is 83.7 Å². The van der Waals surface area contributed by atoms with Gasteiger partial charge in [-0.05, 0) is 164 Å². The van der Waals surface area contributed by atoms with E-state index < -0.39 is 17.7 Å². The molecule has 3 N–H and O–H groups in total. The summed E-state index contributed by atoms with van der Waals surface area (Å²) in [6.07, 6.45) is 15.8. The molecule has 0 unspecified atom stereocenters. The zero-order valence-electron chi connectivity index (χ0n) is 33.1. The third-order valence-corrected chi connectivity index (χ3v) is 12.0. The first kappa shape index (κ1) is 37.0. The largest absolute Gasteiger partial charge is 0.322 e. The molecule has 3 aliphatic carbocycles. The van der Waals surface area contributed by atoms with Crippen LogP contribution in [0.15, 0.2) is 128 Å². The number of hydrogen-bond donors (Lipinski definition) is 3. The van der Waals surface area contributed by atoms with Crippen LogP contribution in [-0.2, 0) is 38.5 Å². The maximum Gasteiger partial charge on any atom is 0.255 e. The number of amides is 3. The lowest BCUT2D eigenvalue weighted by molar-refractivity contribution is 0.102. The Kier molecular flexibility index (Phi) is 9.77. The van der Waals surface area contributed by atoms with Gasteiger partial charge in [-0.1, -0.05) is 36.4 Å². The molecule has 3 aromatic heterocycles. The zero-order chi connectivity index (χ0) is 40.6. The summed E-state index contributed by atoms with van der Waals surface area (Å²) in [7, 11) is 0. The van der Waals surface area contributed by atoms with Gasteiger partial charge in [-0.25, -0.2) is 0 Å². The second kappa shape index (κ2) is 15.8. The molecule has 0 bridgehead atoms. The van der Waals surface area contributed by atoms with Crippen molar-refractivity contribution in [3.8, 4) is 33.8 Å². The summed E-state index contributed by atoms with van der Waals surface area (Å²) in [6.45, 7) is 0. The topological polar surface area (TPSA) is 126 Å². The molecule has 0 atom stereocenters. The lowest BCUT2D eigenvalue weighted by Crippen LogP contribution is -2.19. The van der Waals surface area contributed by atoms with Crippen molar-refractivity contribution in [1.82, 2.24) is 15.0 Å². The highest BCUT2D eigenvalue weighted by Crippen LogP contribution is 2.30. The Morgan fingerprint density at radius 1 is 0.350 bits per heavy atom. The Labute approximate surface area is 348 Å². The molecule has 7 aromatic rings. The van der Waals surface area contributed by atoms with E-state index in [1.54, 1.807) is 0 Å². The van der Waals surface area contributed by atoms with Crippen molar-refractivity contribution in [1.29, 1.82) is 0 Å². The average molecular weight is 787 g/mol. The molecule has 0 aliphatic heterocycles. The Balaban J connectivity index is 0.888. The highest BCUT2D eigenvalue weighted by Gasteiger charge is 2.20. The summed E-state index contributed by atoms with van der Waals surface area (Å²) in [5.74, 6) is -1.38. The van der Waals surface area contributed by atoms with Crippen LogP contribution in [0.4, 0.5) is 17.1 Å². The monoisotopic (exact) mass is 786 g/mol. The standard InChI is InChI=1S/C51H42N6O3/c58-49(55-43-16-10-31(11-17-43)46-25-34-4-1-7-37(34)28-52-46)40-22-41(50(59)56-44-18-12-32(13-19-44)47-26-35-5-2-8-38(35)29-53-47)24-42(23-40)51(60)57-45-20-14-33(15-21-45)48-27-36-6-3-9-39(36)30-54-48/h10-30H,1-9H2,(H,55,58)(H,56,59)(H,57,60). The average Bonchev–Trinajstić information content (AvgIpc) is 4.08. The summed E-state index contributed by atoms with van der Waals surface area (Å²) in [6, 6.07) is 33.5. The Morgan fingerprint density at radius 3 is 0.900 bits per heavy atom. The van der Waals surface area contributed by atoms with Crippen molar-refractivity contribution in [3.05, 3.63) is 178 Å². The summed E-state index contributed by atoms with van der Waals surface area (Å²) in [4.78, 5) is 55.5. The van der Waals surface area contributed by atoms with Crippen LogP contribution >= 0.6 is 0 Å². The first-order chi connectivity index (χ1) is 29.4. The molecule has 60 heavy (non-hydrogen) atoms. The van der Waals surface area contributed by atoms with E-state index in [1.165, 1.54) is 51.6 Å². The van der Waals surface area contributed by atoms with Gasteiger partial charge < -0.3 is 16.0 Å². The fourth-order valence-electron chi connectivity index (χ4n) is 8.63. The maximum absolute atomic E-state index is 13.9. The van der Waals surface area contributed by atoms with E-state index in [1.807, 2.05) is 91.4 Å². The predicted octanol–water partition coefficient (Wildman–Crippen LogP) is 10.1. The van der Waals surface area contributed by atoms with Crippen molar-refractivity contribution in [2.45, 2.75) is 57.8 Å². The molecule has 0 fully saturated rings. The number of aryl methyl sites for hydroxylation is 6. The molecule has 4 aromatic carbocycles. The predicted molar refractivity (Wildman–Crippen MR) is 235 cm³/mol. The number of fused-ring (bicyclic) bond motifs is 3. The van der Waals surface area contributed by atoms with Crippen molar-refractivity contribution >= 4 is 34.8 Å². The van der Waals surface area contributed by atoms with Crippen LogP contribution in [0, 0.1) is 0 Å². The highest BCUT2D eigenvalue weighted by molar-refractivity contribution is 6.13. The van der Waals surface area contributed by atoms with Crippen molar-refractivity contribution < 1.29 is 14.4 Å². The molecule has 3 aliphatic rings. The van der Waals surface area contributed by atoms with Crippen LogP contribution in [-0.4, -0.2) is 32.7 Å². The highest BCUT2D eigenvalue weighted by atomic mass is 16.2. The number of nitrogens with zero attached hydrogens (tertiary/aromatic N) is 3. The van der Waals surface area contributed by atoms with Crippen molar-refractivity contribution in [2.75, 3.05) is 16.0 Å². The van der Waals surface area contributed by atoms with E-state index in [0.717, 1.165) is 91.6 Å². The quantitative estimate of drug-likeness (QED) is 0.134. The van der Waals surface area contributed by atoms with Gasteiger partial charge in [0, 0.05) is 69.0 Å². The number of hydrogen-bond acceptors (Lipinski definition) is 6. The third kappa shape index (κ3) is 7.69. The Hall–Kier alpha value is -7.26. The van der Waals surface area contributed by atoms with Gasteiger partial charge in [-0.3, -0.25) is 29.3 Å². The first-order valence-electron chi connectivity index (χ1n) is 20.7. The van der Waals surface area contributed by atoms with E-state index in [4.69, 9.17) is 0 Å². The molecule has 9 heteroatoms. The summed E-state index contributed by atoms with van der Waals surface area (Å²) in [5.41, 5.74) is 15.7. The van der Waals surface area contributed by atoms with Crippen molar-refractivity contribution in [2.24, 2.45) is 0 Å². The van der Waals surface area contributed by atoms with Gasteiger partial charge in [0.1, 0.15) is 0 Å². The number of anilines is 3. The van der Waals surface area contributed by atoms with Gasteiger partial charge >= 0.3 is 0 Å². The number of aromatic nitrogens is 3. The lowest BCUT2D eigenvalue weighted by atomic mass is 10.0. The number of carbonyl (C=O) groups is 3. The molecule has 0 radical (unpaired) electrons. The van der Waals surface area contributed by atoms with Crippen molar-refractivity contribution in [3.63, 3.8) is 0 Å². The SMILES string of the molecule is O=C(Nc1ccc(-c2cc3c(cn2)CCC3)cc1)c1cc(C(=O)Nc2ccc(-c3cc4c(cn3)CCC4)cc2)cc(C(=O)Nc2ccc(-c3cc4c(cn3)CCC4)cc2)c1. The van der Waals surface area contributed by atoms with Gasteiger partial charge in [0.05, 0.1) is 17.1 Å². The number of benzene rings is 4. The fourth-order valence-corrected chi connectivity index (χ4v) is 8.63. The molecule has 9 nitrogen and oxygen atoms in total. The summed E-state index contributed by atoms with van der Waals surface area (Å²) >= 11 is 0. The number of carbonyl (C=O) groups excluding carboxylic acids is 3. The second-order valence-electron chi connectivity index (χ2n) is 16.0. The van der Waals surface area contributed by atoms with Gasteiger partial charge in [0.25, 0.3) is 17.7 Å². The van der Waals surface area contributed by atoms with E-state index in [9.17, 15) is 14.4 Å². The summed E-state index contributed by atoms with van der Waals surface area (Å²) in [5, 5.41) is 8.85. The third-order valence-electron chi connectivity index (χ3n) is 12.0. The smallest absolute Gasteiger partial charge is 0.255 e. The van der Waals surface area contributed by atoms with Crippen LogP contribution in [0.3, 0.4) is 0 Å². The first-order valence-corrected chi connectivity index (χ1v) is 20.7. The lowest BCUT2D eigenvalue weighted by Gasteiger charge is -2.13. The normalized spacial score (nSPS) is 13.6.